The van der Waals surface area contributed by atoms with Crippen LogP contribution in [0.1, 0.15) is 0 Å². The van der Waals surface area contributed by atoms with Gasteiger partial charge in [0.2, 0.25) is 0 Å². The Morgan fingerprint density at radius 1 is 0.323 bits per heavy atom. The highest BCUT2D eigenvalue weighted by Crippen LogP contribution is 2.47. The molecule has 0 N–H and O–H groups in total. The van der Waals surface area contributed by atoms with Gasteiger partial charge in [0.05, 0.1) is 0 Å². The zero-order chi connectivity index (χ0) is 40.7. The van der Waals surface area contributed by atoms with Crippen molar-refractivity contribution in [2.75, 3.05) is 4.90 Å². The topological polar surface area (TPSA) is 29.5 Å². The van der Waals surface area contributed by atoms with Gasteiger partial charge in [-0.25, -0.2) is 0 Å². The Bertz CT molecular complexity index is 3850. The first-order valence-corrected chi connectivity index (χ1v) is 21.8. The fourth-order valence-corrected chi connectivity index (χ4v) is 10.7. The lowest BCUT2D eigenvalue weighted by Crippen LogP contribution is -2.09. The SMILES string of the molecule is c1ccc(-c2ccc(N(c3ccc(-c4cccc5ccccc45)cc3)c3ccc4c(c3)oc3cc(-c5cccc6sc7ccc8c9ccccc9oc8c7c56)ccc34)cc2)cc1. The Labute approximate surface area is 360 Å². The van der Waals surface area contributed by atoms with Crippen molar-refractivity contribution < 1.29 is 8.83 Å². The van der Waals surface area contributed by atoms with Crippen LogP contribution in [0.5, 0.6) is 0 Å². The van der Waals surface area contributed by atoms with E-state index in [1.54, 1.807) is 0 Å². The molecule has 3 aromatic heterocycles. The molecule has 0 saturated heterocycles. The van der Waals surface area contributed by atoms with Crippen molar-refractivity contribution in [3.8, 4) is 33.4 Å². The van der Waals surface area contributed by atoms with Gasteiger partial charge < -0.3 is 13.7 Å². The van der Waals surface area contributed by atoms with Gasteiger partial charge in [-0.15, -0.1) is 11.3 Å². The van der Waals surface area contributed by atoms with Crippen LogP contribution >= 0.6 is 11.3 Å². The van der Waals surface area contributed by atoms with Gasteiger partial charge in [-0.05, 0) is 117 Å². The molecule has 0 saturated carbocycles. The lowest BCUT2D eigenvalue weighted by Gasteiger charge is -2.26. The highest BCUT2D eigenvalue weighted by Gasteiger charge is 2.20. The van der Waals surface area contributed by atoms with E-state index in [-0.39, 0.29) is 0 Å². The van der Waals surface area contributed by atoms with Gasteiger partial charge in [0.25, 0.3) is 0 Å². The maximum Gasteiger partial charge on any atom is 0.144 e. The zero-order valence-electron chi connectivity index (χ0n) is 33.4. The molecule has 0 amide bonds. The Morgan fingerprint density at radius 3 is 1.74 bits per heavy atom. The molecule has 4 heteroatoms. The molecule has 0 aliphatic heterocycles. The lowest BCUT2D eigenvalue weighted by atomic mass is 9.97. The summed E-state index contributed by atoms with van der Waals surface area (Å²) in [7, 11) is 0. The molecule has 3 nitrogen and oxygen atoms in total. The van der Waals surface area contributed by atoms with Gasteiger partial charge in [-0.1, -0.05) is 133 Å². The number of fused-ring (bicyclic) bond motifs is 11. The van der Waals surface area contributed by atoms with Crippen LogP contribution < -0.4 is 4.90 Å². The number of anilines is 3. The minimum atomic E-state index is 0.844. The second-order valence-corrected chi connectivity index (χ2v) is 17.1. The van der Waals surface area contributed by atoms with E-state index in [1.165, 1.54) is 58.8 Å². The molecule has 62 heavy (non-hydrogen) atoms. The maximum atomic E-state index is 6.82. The number of benzene rings is 10. The summed E-state index contributed by atoms with van der Waals surface area (Å²) in [6.07, 6.45) is 0. The molecule has 290 valence electrons. The Kier molecular flexibility index (Phi) is 7.78. The molecule has 0 spiro atoms. The van der Waals surface area contributed by atoms with E-state index in [0.29, 0.717) is 0 Å². The molecule has 0 atom stereocenters. The maximum absolute atomic E-state index is 6.82. The number of hydrogen-bond donors (Lipinski definition) is 0. The van der Waals surface area contributed by atoms with E-state index >= 15 is 0 Å². The van der Waals surface area contributed by atoms with Crippen LogP contribution in [0.15, 0.2) is 221 Å². The van der Waals surface area contributed by atoms with E-state index < -0.39 is 0 Å². The third-order valence-electron chi connectivity index (χ3n) is 12.5. The summed E-state index contributed by atoms with van der Waals surface area (Å²) in [5.41, 5.74) is 13.8. The standard InChI is InChI=1S/C58H35NO2S/c1-2-10-36(11-3-1)37-20-25-41(26-21-37)59(42-27-22-39(23-28-42)45-16-8-13-38-12-4-5-14-44(38)45)43-29-31-49-48-30-24-40(34-52(48)60-53(49)35-43)46-17-9-19-54-56(46)57-55(62-54)33-32-50-47-15-6-7-18-51(47)61-58(50)57/h1-35H. The zero-order valence-corrected chi connectivity index (χ0v) is 34.2. The van der Waals surface area contributed by atoms with Crippen LogP contribution in [0, 0.1) is 0 Å². The van der Waals surface area contributed by atoms with E-state index in [2.05, 4.69) is 211 Å². The van der Waals surface area contributed by atoms with Crippen LogP contribution in [-0.2, 0) is 0 Å². The van der Waals surface area contributed by atoms with Crippen molar-refractivity contribution in [2.45, 2.75) is 0 Å². The van der Waals surface area contributed by atoms with Crippen LogP contribution in [0.25, 0.3) is 108 Å². The third-order valence-corrected chi connectivity index (χ3v) is 13.6. The Morgan fingerprint density at radius 2 is 0.903 bits per heavy atom. The molecule has 13 aromatic rings. The number of para-hydroxylation sites is 1. The van der Waals surface area contributed by atoms with Crippen LogP contribution in [0.2, 0.25) is 0 Å². The summed E-state index contributed by atoms with van der Waals surface area (Å²) in [5, 5.41) is 9.35. The van der Waals surface area contributed by atoms with E-state index in [1.807, 2.05) is 17.4 Å². The molecule has 0 aliphatic rings. The van der Waals surface area contributed by atoms with Crippen molar-refractivity contribution in [3.05, 3.63) is 212 Å². The van der Waals surface area contributed by atoms with Crippen LogP contribution in [0.3, 0.4) is 0 Å². The molecule has 10 aromatic carbocycles. The Hall–Kier alpha value is -7.92. The minimum absolute atomic E-state index is 0.844. The first-order valence-electron chi connectivity index (χ1n) is 21.0. The van der Waals surface area contributed by atoms with Crippen molar-refractivity contribution in [1.29, 1.82) is 0 Å². The molecule has 0 radical (unpaired) electrons. The largest absolute Gasteiger partial charge is 0.456 e. The molecule has 0 bridgehead atoms. The van der Waals surface area contributed by atoms with Crippen molar-refractivity contribution in [3.63, 3.8) is 0 Å². The molecule has 0 aliphatic carbocycles. The number of rotatable bonds is 6. The molecule has 3 heterocycles. The molecular weight excluding hydrogens is 775 g/mol. The molecule has 13 rings (SSSR count). The quantitative estimate of drug-likeness (QED) is 0.168. The highest BCUT2D eigenvalue weighted by atomic mass is 32.1. The van der Waals surface area contributed by atoms with E-state index in [4.69, 9.17) is 8.83 Å². The minimum Gasteiger partial charge on any atom is -0.456 e. The van der Waals surface area contributed by atoms with Gasteiger partial charge in [0.15, 0.2) is 0 Å². The fourth-order valence-electron chi connectivity index (χ4n) is 9.55. The van der Waals surface area contributed by atoms with E-state index in [9.17, 15) is 0 Å². The van der Waals surface area contributed by atoms with Crippen LogP contribution in [0.4, 0.5) is 17.1 Å². The van der Waals surface area contributed by atoms with Gasteiger partial charge in [0.1, 0.15) is 22.3 Å². The second kappa shape index (κ2) is 13.8. The molecular formula is C58H35NO2S. The summed E-state index contributed by atoms with van der Waals surface area (Å²) in [4.78, 5) is 2.32. The third kappa shape index (κ3) is 5.51. The van der Waals surface area contributed by atoms with Crippen molar-refractivity contribution in [1.82, 2.24) is 0 Å². The number of thiophene rings is 1. The van der Waals surface area contributed by atoms with Gasteiger partial charge in [-0.2, -0.15) is 0 Å². The summed E-state index contributed by atoms with van der Waals surface area (Å²) < 4.78 is 15.9. The van der Waals surface area contributed by atoms with Gasteiger partial charge >= 0.3 is 0 Å². The summed E-state index contributed by atoms with van der Waals surface area (Å²) in [5.74, 6) is 0. The average molecular weight is 810 g/mol. The normalized spacial score (nSPS) is 11.9. The van der Waals surface area contributed by atoms with Gasteiger partial charge in [0, 0.05) is 64.8 Å². The summed E-state index contributed by atoms with van der Waals surface area (Å²) >= 11 is 1.81. The Balaban J connectivity index is 0.929. The lowest BCUT2D eigenvalue weighted by molar-refractivity contribution is 0.669. The fraction of sp³-hybridized carbons (Fsp3) is 0. The van der Waals surface area contributed by atoms with Crippen molar-refractivity contribution in [2.24, 2.45) is 0 Å². The monoisotopic (exact) mass is 809 g/mol. The number of hydrogen-bond acceptors (Lipinski definition) is 4. The second-order valence-electron chi connectivity index (χ2n) is 16.0. The van der Waals surface area contributed by atoms with Gasteiger partial charge in [-0.3, -0.25) is 0 Å². The predicted octanol–water partition coefficient (Wildman–Crippen LogP) is 17.5. The van der Waals surface area contributed by atoms with E-state index in [0.717, 1.165) is 66.5 Å². The first kappa shape index (κ1) is 34.9. The molecule has 0 fully saturated rings. The predicted molar refractivity (Wildman–Crippen MR) is 262 cm³/mol. The van der Waals surface area contributed by atoms with Crippen molar-refractivity contribution >= 4 is 103 Å². The summed E-state index contributed by atoms with van der Waals surface area (Å²) in [6, 6.07) is 76.1. The average Bonchev–Trinajstić information content (AvgIpc) is 4.03. The number of nitrogens with zero attached hydrogens (tertiary/aromatic N) is 1. The smallest absolute Gasteiger partial charge is 0.144 e. The number of furan rings is 2. The van der Waals surface area contributed by atoms with Crippen LogP contribution in [-0.4, -0.2) is 0 Å². The highest BCUT2D eigenvalue weighted by molar-refractivity contribution is 7.26. The molecule has 0 unspecified atom stereocenters. The first-order chi connectivity index (χ1) is 30.7. The summed E-state index contributed by atoms with van der Waals surface area (Å²) in [6.45, 7) is 0.